The average Bonchev–Trinajstić information content (AvgIpc) is 2.46. The van der Waals surface area contributed by atoms with E-state index in [1.54, 1.807) is 6.07 Å². The highest BCUT2D eigenvalue weighted by molar-refractivity contribution is 9.10. The molecule has 13 heavy (non-hydrogen) atoms. The molecule has 0 aliphatic heterocycles. The Morgan fingerprint density at radius 2 is 2.38 bits per heavy atom. The van der Waals surface area contributed by atoms with E-state index >= 15 is 0 Å². The van der Waals surface area contributed by atoms with Crippen LogP contribution in [0, 0.1) is 0 Å². The van der Waals surface area contributed by atoms with Gasteiger partial charge in [-0.2, -0.15) is 0 Å². The van der Waals surface area contributed by atoms with Gasteiger partial charge in [0.05, 0.1) is 6.20 Å². The summed E-state index contributed by atoms with van der Waals surface area (Å²) in [7, 11) is 0. The zero-order valence-electron chi connectivity index (χ0n) is 6.31. The third-order valence-corrected chi connectivity index (χ3v) is 1.95. The van der Waals surface area contributed by atoms with Gasteiger partial charge < -0.3 is 5.11 Å². The number of aromatic nitrogens is 3. The number of nitrogens with zero attached hydrogens (tertiary/aromatic N) is 3. The summed E-state index contributed by atoms with van der Waals surface area (Å²) in [6, 6.07) is 1.60. The lowest BCUT2D eigenvalue weighted by molar-refractivity contribution is 0.197. The summed E-state index contributed by atoms with van der Waals surface area (Å²) in [6.45, 7) is 0. The van der Waals surface area contributed by atoms with Gasteiger partial charge in [0.1, 0.15) is 10.1 Å². The second-order valence-corrected chi connectivity index (χ2v) is 3.18. The van der Waals surface area contributed by atoms with Crippen LogP contribution < -0.4 is 0 Å². The van der Waals surface area contributed by atoms with Crippen LogP contribution in [0.15, 0.2) is 23.1 Å². The highest BCUT2D eigenvalue weighted by Crippen LogP contribution is 2.13. The lowest BCUT2D eigenvalue weighted by Gasteiger charge is -1.95. The van der Waals surface area contributed by atoms with Gasteiger partial charge in [0.25, 0.3) is 0 Å². The maximum atomic E-state index is 10.6. The van der Waals surface area contributed by atoms with Crippen molar-refractivity contribution in [2.24, 2.45) is 0 Å². The van der Waals surface area contributed by atoms with Crippen molar-refractivity contribution in [3.63, 3.8) is 0 Å². The minimum Gasteiger partial charge on any atom is -0.464 e. The van der Waals surface area contributed by atoms with E-state index in [1.807, 2.05) is 0 Å². The molecule has 0 aliphatic rings. The molecule has 2 aromatic heterocycles. The quantitative estimate of drug-likeness (QED) is 0.763. The lowest BCUT2D eigenvalue weighted by atomic mass is 10.5. The maximum absolute atomic E-state index is 10.6. The van der Waals surface area contributed by atoms with Gasteiger partial charge >= 0.3 is 6.09 Å². The second kappa shape index (κ2) is 2.81. The number of hydrogen-bond acceptors (Lipinski definition) is 3. The minimum absolute atomic E-state index is 0.343. The van der Waals surface area contributed by atoms with Crippen LogP contribution in [0.5, 0.6) is 0 Å². The Kier molecular flexibility index (Phi) is 1.77. The molecule has 2 aromatic rings. The molecule has 0 saturated carbocycles. The minimum atomic E-state index is -1.06. The van der Waals surface area contributed by atoms with Gasteiger partial charge in [0.2, 0.25) is 0 Å². The first-order valence-electron chi connectivity index (χ1n) is 3.41. The molecule has 1 N–H and O–H groups in total. The fourth-order valence-electron chi connectivity index (χ4n) is 1.04. The predicted octanol–water partition coefficient (Wildman–Crippen LogP) is 1.72. The van der Waals surface area contributed by atoms with Crippen LogP contribution in [-0.2, 0) is 0 Å². The van der Waals surface area contributed by atoms with Crippen molar-refractivity contribution in [3.8, 4) is 0 Å². The topological polar surface area (TPSA) is 68.0 Å². The first-order chi connectivity index (χ1) is 6.18. The smallest absolute Gasteiger partial charge is 0.417 e. The van der Waals surface area contributed by atoms with E-state index < -0.39 is 6.09 Å². The summed E-state index contributed by atoms with van der Waals surface area (Å²) in [5, 5.41) is 8.72. The molecule has 0 saturated heterocycles. The molecular formula is C7H4BrN3O2. The summed E-state index contributed by atoms with van der Waals surface area (Å²) in [5.74, 6) is 0. The van der Waals surface area contributed by atoms with Crippen molar-refractivity contribution in [1.29, 1.82) is 0 Å². The Morgan fingerprint density at radius 1 is 1.62 bits per heavy atom. The van der Waals surface area contributed by atoms with Crippen molar-refractivity contribution >= 4 is 33.2 Å². The summed E-state index contributed by atoms with van der Waals surface area (Å²) >= 11 is 3.15. The van der Waals surface area contributed by atoms with Gasteiger partial charge in [-0.05, 0) is 22.0 Å². The van der Waals surface area contributed by atoms with Crippen LogP contribution in [0.2, 0.25) is 0 Å². The van der Waals surface area contributed by atoms with E-state index in [4.69, 9.17) is 5.11 Å². The fourth-order valence-corrected chi connectivity index (χ4v) is 1.34. The van der Waals surface area contributed by atoms with Gasteiger partial charge in [-0.15, -0.1) is 0 Å². The van der Waals surface area contributed by atoms with E-state index in [1.165, 1.54) is 12.4 Å². The zero-order valence-corrected chi connectivity index (χ0v) is 7.89. The Labute approximate surface area is 81.2 Å². The largest absolute Gasteiger partial charge is 0.464 e. The van der Waals surface area contributed by atoms with E-state index in [-0.39, 0.29) is 0 Å². The number of fused-ring (bicyclic) bond motifs is 1. The van der Waals surface area contributed by atoms with Crippen LogP contribution in [0.1, 0.15) is 0 Å². The summed E-state index contributed by atoms with van der Waals surface area (Å²) in [5.41, 5.74) is 0.896. The van der Waals surface area contributed by atoms with Gasteiger partial charge in [-0.1, -0.05) is 0 Å². The molecule has 0 spiro atoms. The number of carbonyl (C=O) groups is 1. The normalized spacial score (nSPS) is 10.5. The molecule has 0 atom stereocenters. The maximum Gasteiger partial charge on any atom is 0.417 e. The Balaban J connectivity index is 2.76. The van der Waals surface area contributed by atoms with Crippen molar-refractivity contribution < 1.29 is 9.90 Å². The van der Waals surface area contributed by atoms with Crippen molar-refractivity contribution in [3.05, 3.63) is 23.1 Å². The van der Waals surface area contributed by atoms with E-state index in [0.29, 0.717) is 15.8 Å². The molecule has 0 bridgehead atoms. The molecule has 6 heteroatoms. The third kappa shape index (κ3) is 1.29. The summed E-state index contributed by atoms with van der Waals surface area (Å²) in [4.78, 5) is 18.6. The van der Waals surface area contributed by atoms with Gasteiger partial charge in [-0.3, -0.25) is 0 Å². The lowest BCUT2D eigenvalue weighted by Crippen LogP contribution is -2.06. The molecule has 0 radical (unpaired) electrons. The molecule has 0 fully saturated rings. The molecular weight excluding hydrogens is 238 g/mol. The van der Waals surface area contributed by atoms with Crippen LogP contribution in [0.25, 0.3) is 11.2 Å². The molecule has 0 aliphatic carbocycles. The highest BCUT2D eigenvalue weighted by atomic mass is 79.9. The standard InChI is InChI=1S/C7H4BrN3O2/c8-5-3-9-6-4(10-5)1-2-11(6)7(12)13/h1-3H,(H,12,13). The molecule has 0 amide bonds. The van der Waals surface area contributed by atoms with Crippen LogP contribution >= 0.6 is 15.9 Å². The van der Waals surface area contributed by atoms with E-state index in [9.17, 15) is 4.79 Å². The Morgan fingerprint density at radius 3 is 3.08 bits per heavy atom. The first kappa shape index (κ1) is 8.18. The molecule has 0 aromatic carbocycles. The zero-order chi connectivity index (χ0) is 9.42. The molecule has 2 heterocycles. The monoisotopic (exact) mass is 241 g/mol. The molecule has 66 valence electrons. The number of halogens is 1. The van der Waals surface area contributed by atoms with E-state index in [2.05, 4.69) is 25.9 Å². The van der Waals surface area contributed by atoms with Crippen molar-refractivity contribution in [1.82, 2.24) is 14.5 Å². The molecule has 2 rings (SSSR count). The van der Waals surface area contributed by atoms with Crippen molar-refractivity contribution in [2.45, 2.75) is 0 Å². The van der Waals surface area contributed by atoms with Crippen LogP contribution in [0.4, 0.5) is 4.79 Å². The fraction of sp³-hybridized carbons (Fsp3) is 0. The molecule has 0 unspecified atom stereocenters. The summed E-state index contributed by atoms with van der Waals surface area (Å²) in [6.07, 6.45) is 1.81. The SMILES string of the molecule is O=C(O)n1ccc2nc(Br)cnc21. The Hall–Kier alpha value is -1.43. The molecule has 5 nitrogen and oxygen atoms in total. The van der Waals surface area contributed by atoms with Gasteiger partial charge in [0, 0.05) is 6.20 Å². The first-order valence-corrected chi connectivity index (χ1v) is 4.20. The number of rotatable bonds is 0. The van der Waals surface area contributed by atoms with Crippen LogP contribution in [0.3, 0.4) is 0 Å². The second-order valence-electron chi connectivity index (χ2n) is 2.37. The summed E-state index contributed by atoms with van der Waals surface area (Å²) < 4.78 is 1.61. The third-order valence-electron chi connectivity index (χ3n) is 1.57. The highest BCUT2D eigenvalue weighted by Gasteiger charge is 2.08. The van der Waals surface area contributed by atoms with Gasteiger partial charge in [0.15, 0.2) is 5.65 Å². The number of carboxylic acid groups (broad SMARTS) is 1. The van der Waals surface area contributed by atoms with Crippen molar-refractivity contribution in [2.75, 3.05) is 0 Å². The number of hydrogen-bond donors (Lipinski definition) is 1. The predicted molar refractivity (Wildman–Crippen MR) is 48.7 cm³/mol. The van der Waals surface area contributed by atoms with Crippen LogP contribution in [-0.4, -0.2) is 25.7 Å². The Bertz CT molecular complexity index is 480. The van der Waals surface area contributed by atoms with E-state index in [0.717, 1.165) is 4.57 Å². The van der Waals surface area contributed by atoms with Gasteiger partial charge in [-0.25, -0.2) is 19.3 Å². The average molecular weight is 242 g/mol.